The van der Waals surface area contributed by atoms with E-state index in [9.17, 15) is 0 Å². The van der Waals surface area contributed by atoms with E-state index in [1.807, 2.05) is 0 Å². The van der Waals surface area contributed by atoms with Crippen LogP contribution in [0.15, 0.2) is 315 Å². The van der Waals surface area contributed by atoms with Crippen LogP contribution >= 0.6 is 0 Å². The first kappa shape index (κ1) is 47.3. The summed E-state index contributed by atoms with van der Waals surface area (Å²) in [5.41, 5.74) is 28.2. The number of anilines is 6. The Hall–Kier alpha value is -10.7. The van der Waals surface area contributed by atoms with Crippen molar-refractivity contribution in [1.29, 1.82) is 0 Å². The Balaban J connectivity index is 1.01. The first-order valence-electron chi connectivity index (χ1n) is 28.4. The second-order valence-electron chi connectivity index (χ2n) is 21.6. The Labute approximate surface area is 478 Å². The summed E-state index contributed by atoms with van der Waals surface area (Å²) in [7, 11) is 0. The van der Waals surface area contributed by atoms with Crippen LogP contribution in [-0.2, 0) is 0 Å². The van der Waals surface area contributed by atoms with Gasteiger partial charge in [0, 0.05) is 44.9 Å². The Kier molecular flexibility index (Phi) is 11.3. The molecule has 0 saturated heterocycles. The number of para-hydroxylation sites is 2. The van der Waals surface area contributed by atoms with Crippen LogP contribution < -0.4 is 26.2 Å². The average Bonchev–Trinajstić information content (AvgIpc) is 4.05. The quantitative estimate of drug-likeness (QED) is 0.134. The van der Waals surface area contributed by atoms with Gasteiger partial charge in [-0.15, -0.1) is 0 Å². The van der Waals surface area contributed by atoms with Crippen molar-refractivity contribution in [2.24, 2.45) is 0 Å². The first-order valence-corrected chi connectivity index (χ1v) is 28.4. The van der Waals surface area contributed by atoms with Gasteiger partial charge in [0.2, 0.25) is 0 Å². The molecule has 3 heterocycles. The minimum atomic E-state index is -0.172. The summed E-state index contributed by atoms with van der Waals surface area (Å²) in [6, 6.07) is 117. The summed E-state index contributed by atoms with van der Waals surface area (Å²) < 4.78 is 2.49. The fourth-order valence-corrected chi connectivity index (χ4v) is 13.3. The maximum absolute atomic E-state index is 2.56. The van der Waals surface area contributed by atoms with E-state index >= 15 is 0 Å². The van der Waals surface area contributed by atoms with E-state index in [2.05, 4.69) is 330 Å². The van der Waals surface area contributed by atoms with Crippen molar-refractivity contribution in [3.8, 4) is 72.4 Å². The minimum Gasteiger partial charge on any atom is -0.311 e. The minimum absolute atomic E-state index is 0.172. The summed E-state index contributed by atoms with van der Waals surface area (Å²) >= 11 is 0. The van der Waals surface area contributed by atoms with Crippen molar-refractivity contribution in [2.75, 3.05) is 9.80 Å². The fraction of sp³-hybridized carbons (Fsp3) is 0. The molecule has 2 aliphatic rings. The highest BCUT2D eigenvalue weighted by atomic mass is 15.2. The lowest BCUT2D eigenvalue weighted by Gasteiger charge is -2.44. The van der Waals surface area contributed by atoms with Crippen LogP contribution in [0, 0.1) is 0 Å². The van der Waals surface area contributed by atoms with Crippen molar-refractivity contribution >= 4 is 79.0 Å². The van der Waals surface area contributed by atoms with Crippen LogP contribution in [0.4, 0.5) is 34.1 Å². The van der Waals surface area contributed by atoms with Crippen molar-refractivity contribution in [3.63, 3.8) is 0 Å². The van der Waals surface area contributed by atoms with Crippen LogP contribution in [-0.4, -0.2) is 11.3 Å². The van der Waals surface area contributed by atoms with Gasteiger partial charge in [0.25, 0.3) is 6.71 Å². The topological polar surface area (TPSA) is 11.4 Å². The summed E-state index contributed by atoms with van der Waals surface area (Å²) in [5.74, 6) is 0. The molecule has 0 N–H and O–H groups in total. The predicted octanol–water partition coefficient (Wildman–Crippen LogP) is 18.9. The van der Waals surface area contributed by atoms with Gasteiger partial charge in [-0.25, -0.2) is 0 Å². The molecule has 0 fully saturated rings. The average molecular weight is 1040 g/mol. The third-order valence-electron chi connectivity index (χ3n) is 17.0. The van der Waals surface area contributed by atoms with Crippen molar-refractivity contribution in [2.45, 2.75) is 0 Å². The molecule has 13 aromatic carbocycles. The SMILES string of the molecule is c1ccc(-c2ccc(N3c4ccc(-c5ccccc5-c5ccccc5)cc4B4c5cc(-c6ccccc6-c6ccccc6)ccc5N(c5ccc(-c6ccccc6)cc5)c5cc(-n6c7ccccc7c7ccccc76)cc3c54)cc2)cc1. The number of nitrogens with zero attached hydrogens (tertiary/aromatic N) is 3. The van der Waals surface area contributed by atoms with Crippen molar-refractivity contribution in [1.82, 2.24) is 4.57 Å². The van der Waals surface area contributed by atoms with E-state index in [1.165, 1.54) is 105 Å². The molecule has 382 valence electrons. The molecular weight excluding hydrogens is 990 g/mol. The predicted molar refractivity (Wildman–Crippen MR) is 347 cm³/mol. The Morgan fingerprint density at radius 1 is 0.220 bits per heavy atom. The molecule has 0 saturated carbocycles. The number of hydrogen-bond donors (Lipinski definition) is 0. The molecule has 0 bridgehead atoms. The van der Waals surface area contributed by atoms with Gasteiger partial charge in [-0.3, -0.25) is 0 Å². The zero-order valence-corrected chi connectivity index (χ0v) is 44.9. The lowest BCUT2D eigenvalue weighted by atomic mass is 9.33. The van der Waals surface area contributed by atoms with E-state index in [0.717, 1.165) is 39.8 Å². The van der Waals surface area contributed by atoms with E-state index in [0.29, 0.717) is 0 Å². The number of benzene rings is 13. The molecule has 82 heavy (non-hydrogen) atoms. The van der Waals surface area contributed by atoms with Gasteiger partial charge in [-0.05, 0) is 144 Å². The molecule has 1 aromatic heterocycles. The molecule has 0 amide bonds. The lowest BCUT2D eigenvalue weighted by molar-refractivity contribution is 1.16. The van der Waals surface area contributed by atoms with E-state index in [-0.39, 0.29) is 6.71 Å². The molecule has 0 aliphatic carbocycles. The molecule has 14 aromatic rings. The standard InChI is InChI=1S/C78H52BN3/c1-5-21-53(22-6-1)55-37-43-61(44-38-55)80-74-47-41-59(66-31-15-13-29-64(66)57-25-9-3-10-26-57)49-70(74)79-71-50-60(67-32-16-14-30-65(67)58-27-11-4-12-28-58)42-48-75(71)81(62-45-39-56(40-46-62)54-23-7-2-8-24-54)77-52-63(51-76(80)78(77)79)82-72-35-19-17-33-68(72)69-34-18-20-36-73(69)82/h1-52H. The highest BCUT2D eigenvalue weighted by Gasteiger charge is 2.44. The van der Waals surface area contributed by atoms with Gasteiger partial charge in [-0.2, -0.15) is 0 Å². The van der Waals surface area contributed by atoms with Crippen molar-refractivity contribution < 1.29 is 0 Å². The number of aromatic nitrogens is 1. The van der Waals surface area contributed by atoms with E-state index in [1.54, 1.807) is 0 Å². The maximum atomic E-state index is 2.56. The molecule has 3 nitrogen and oxygen atoms in total. The second-order valence-corrected chi connectivity index (χ2v) is 21.6. The molecule has 4 heteroatoms. The summed E-state index contributed by atoms with van der Waals surface area (Å²) in [4.78, 5) is 5.11. The molecule has 0 spiro atoms. The molecular formula is C78H52BN3. The van der Waals surface area contributed by atoms with Crippen LogP contribution in [0.3, 0.4) is 0 Å². The lowest BCUT2D eigenvalue weighted by Crippen LogP contribution is -2.61. The van der Waals surface area contributed by atoms with Gasteiger partial charge in [0.05, 0.1) is 16.7 Å². The van der Waals surface area contributed by atoms with Crippen molar-refractivity contribution in [3.05, 3.63) is 315 Å². The van der Waals surface area contributed by atoms with Crippen LogP contribution in [0.1, 0.15) is 0 Å². The van der Waals surface area contributed by atoms with Crippen LogP contribution in [0.25, 0.3) is 94.3 Å². The molecule has 2 aliphatic heterocycles. The summed E-state index contributed by atoms with van der Waals surface area (Å²) in [5, 5.41) is 2.46. The van der Waals surface area contributed by atoms with Crippen LogP contribution in [0.2, 0.25) is 0 Å². The third kappa shape index (κ3) is 7.83. The second kappa shape index (κ2) is 19.6. The number of fused-ring (bicyclic) bond motifs is 7. The van der Waals surface area contributed by atoms with E-state index < -0.39 is 0 Å². The Bertz CT molecular complexity index is 4430. The molecule has 16 rings (SSSR count). The zero-order valence-electron chi connectivity index (χ0n) is 44.9. The van der Waals surface area contributed by atoms with Gasteiger partial charge in [0.1, 0.15) is 0 Å². The highest BCUT2D eigenvalue weighted by molar-refractivity contribution is 7.00. The molecule has 0 unspecified atom stereocenters. The van der Waals surface area contributed by atoms with E-state index in [4.69, 9.17) is 0 Å². The largest absolute Gasteiger partial charge is 0.311 e. The number of hydrogen-bond acceptors (Lipinski definition) is 2. The number of rotatable bonds is 9. The molecule has 0 radical (unpaired) electrons. The summed E-state index contributed by atoms with van der Waals surface area (Å²) in [6.45, 7) is -0.172. The first-order chi connectivity index (χ1) is 40.7. The summed E-state index contributed by atoms with van der Waals surface area (Å²) in [6.07, 6.45) is 0. The normalized spacial score (nSPS) is 12.3. The maximum Gasteiger partial charge on any atom is 0.252 e. The van der Waals surface area contributed by atoms with Gasteiger partial charge in [0.15, 0.2) is 0 Å². The van der Waals surface area contributed by atoms with Gasteiger partial charge < -0.3 is 14.4 Å². The molecule has 0 atom stereocenters. The third-order valence-corrected chi connectivity index (χ3v) is 17.0. The fourth-order valence-electron chi connectivity index (χ4n) is 13.3. The Morgan fingerprint density at radius 2 is 0.537 bits per heavy atom. The van der Waals surface area contributed by atoms with Crippen LogP contribution in [0.5, 0.6) is 0 Å². The smallest absolute Gasteiger partial charge is 0.252 e. The Morgan fingerprint density at radius 3 is 0.939 bits per heavy atom. The monoisotopic (exact) mass is 1040 g/mol. The van der Waals surface area contributed by atoms with Gasteiger partial charge >= 0.3 is 0 Å². The van der Waals surface area contributed by atoms with Gasteiger partial charge in [-0.1, -0.05) is 255 Å². The highest BCUT2D eigenvalue weighted by Crippen LogP contribution is 2.48. The zero-order chi connectivity index (χ0) is 54.1.